The Labute approximate surface area is 133 Å². The van der Waals surface area contributed by atoms with Gasteiger partial charge in [0.25, 0.3) is 0 Å². The Morgan fingerprint density at radius 2 is 1.76 bits per heavy atom. The maximum atomic E-state index is 2.59. The van der Waals surface area contributed by atoms with Gasteiger partial charge in [-0.2, -0.15) is 0 Å². The van der Waals surface area contributed by atoms with Crippen LogP contribution in [-0.2, 0) is 0 Å². The van der Waals surface area contributed by atoms with Crippen molar-refractivity contribution >= 4 is 11.8 Å². The van der Waals surface area contributed by atoms with Gasteiger partial charge in [0.05, 0.1) is 0 Å². The summed E-state index contributed by atoms with van der Waals surface area (Å²) < 4.78 is 0. The van der Waals surface area contributed by atoms with Gasteiger partial charge in [-0.05, 0) is 60.0 Å². The SMILES string of the molecule is CC1(C)C[C@H]2CC3C(Sc4ccccc4)C=C[C@]3(C)[C@H]2C1. The van der Waals surface area contributed by atoms with Gasteiger partial charge in [0.1, 0.15) is 0 Å². The first kappa shape index (κ1) is 13.9. The lowest BCUT2D eigenvalue weighted by Gasteiger charge is -2.33. The molecule has 2 unspecified atom stereocenters. The molecule has 1 aromatic carbocycles. The van der Waals surface area contributed by atoms with E-state index < -0.39 is 0 Å². The highest BCUT2D eigenvalue weighted by Crippen LogP contribution is 2.66. The second kappa shape index (κ2) is 4.65. The molecule has 0 aromatic heterocycles. The van der Waals surface area contributed by atoms with Gasteiger partial charge in [-0.25, -0.2) is 0 Å². The van der Waals surface area contributed by atoms with Crippen molar-refractivity contribution in [3.8, 4) is 0 Å². The highest BCUT2D eigenvalue weighted by atomic mass is 32.2. The fraction of sp³-hybridized carbons (Fsp3) is 0.600. The molecule has 0 nitrogen and oxygen atoms in total. The van der Waals surface area contributed by atoms with Gasteiger partial charge in [-0.15, -0.1) is 11.8 Å². The molecule has 5 atom stereocenters. The van der Waals surface area contributed by atoms with E-state index in [1.807, 2.05) is 0 Å². The largest absolute Gasteiger partial charge is 0.118 e. The van der Waals surface area contributed by atoms with Gasteiger partial charge in [0.2, 0.25) is 0 Å². The Morgan fingerprint density at radius 3 is 2.52 bits per heavy atom. The number of thioether (sulfide) groups is 1. The molecule has 0 spiro atoms. The molecular formula is C20H26S. The van der Waals surface area contributed by atoms with Crippen LogP contribution in [0.25, 0.3) is 0 Å². The first-order valence-electron chi connectivity index (χ1n) is 8.39. The highest BCUT2D eigenvalue weighted by molar-refractivity contribution is 8.00. The molecule has 0 amide bonds. The zero-order valence-corrected chi connectivity index (χ0v) is 14.2. The minimum atomic E-state index is 0.463. The van der Waals surface area contributed by atoms with E-state index in [2.05, 4.69) is 75.0 Å². The molecule has 21 heavy (non-hydrogen) atoms. The van der Waals surface area contributed by atoms with Crippen molar-refractivity contribution in [2.24, 2.45) is 28.6 Å². The van der Waals surface area contributed by atoms with Crippen LogP contribution in [0.1, 0.15) is 40.0 Å². The predicted octanol–water partition coefficient (Wildman–Crippen LogP) is 5.80. The summed E-state index contributed by atoms with van der Waals surface area (Å²) in [5, 5.41) is 0.686. The van der Waals surface area contributed by atoms with E-state index in [0.29, 0.717) is 16.1 Å². The van der Waals surface area contributed by atoms with E-state index in [1.165, 1.54) is 24.2 Å². The van der Waals surface area contributed by atoms with Gasteiger partial charge in [0, 0.05) is 10.1 Å². The Balaban J connectivity index is 1.55. The van der Waals surface area contributed by atoms with E-state index in [1.54, 1.807) is 0 Å². The zero-order chi connectivity index (χ0) is 14.7. The second-order valence-electron chi connectivity index (χ2n) is 8.40. The maximum Gasteiger partial charge on any atom is 0.0311 e. The topological polar surface area (TPSA) is 0 Å². The van der Waals surface area contributed by atoms with Crippen LogP contribution in [0.4, 0.5) is 0 Å². The van der Waals surface area contributed by atoms with E-state index in [-0.39, 0.29) is 0 Å². The molecular weight excluding hydrogens is 272 g/mol. The van der Waals surface area contributed by atoms with Crippen molar-refractivity contribution in [3.05, 3.63) is 42.5 Å². The van der Waals surface area contributed by atoms with Gasteiger partial charge < -0.3 is 0 Å². The number of hydrogen-bond acceptors (Lipinski definition) is 1. The van der Waals surface area contributed by atoms with E-state index >= 15 is 0 Å². The summed E-state index contributed by atoms with van der Waals surface area (Å²) in [6, 6.07) is 10.9. The number of fused-ring (bicyclic) bond motifs is 3. The molecule has 2 fully saturated rings. The van der Waals surface area contributed by atoms with E-state index in [9.17, 15) is 0 Å². The normalized spacial score (nSPS) is 43.0. The van der Waals surface area contributed by atoms with Gasteiger partial charge in [-0.3, -0.25) is 0 Å². The first-order chi connectivity index (χ1) is 9.98. The third kappa shape index (κ3) is 2.20. The Hall–Kier alpha value is -0.690. The van der Waals surface area contributed by atoms with Crippen LogP contribution in [0, 0.1) is 28.6 Å². The summed E-state index contributed by atoms with van der Waals surface area (Å²) in [5.74, 6) is 2.75. The fourth-order valence-electron chi connectivity index (χ4n) is 5.48. The summed E-state index contributed by atoms with van der Waals surface area (Å²) in [5.41, 5.74) is 1.03. The standard InChI is InChI=1S/C20H26S/c1-19(2)12-14-11-16-18(21-15-7-5-4-6-8-15)9-10-20(16,3)17(14)13-19/h4-10,14,16-18H,11-13H2,1-3H3/t14-,16?,17+,18?,20+/m1/s1. The van der Waals surface area contributed by atoms with Crippen molar-refractivity contribution in [2.45, 2.75) is 50.2 Å². The molecule has 1 aromatic rings. The predicted molar refractivity (Wildman–Crippen MR) is 91.4 cm³/mol. The van der Waals surface area contributed by atoms with E-state index in [0.717, 1.165) is 17.8 Å². The van der Waals surface area contributed by atoms with Crippen molar-refractivity contribution in [2.75, 3.05) is 0 Å². The van der Waals surface area contributed by atoms with Crippen molar-refractivity contribution < 1.29 is 0 Å². The number of hydrogen-bond donors (Lipinski definition) is 0. The van der Waals surface area contributed by atoms with Gasteiger partial charge in [-0.1, -0.05) is 51.1 Å². The van der Waals surface area contributed by atoms with E-state index in [4.69, 9.17) is 0 Å². The zero-order valence-electron chi connectivity index (χ0n) is 13.4. The molecule has 3 aliphatic rings. The minimum absolute atomic E-state index is 0.463. The third-order valence-electron chi connectivity index (χ3n) is 6.37. The molecule has 112 valence electrons. The molecule has 0 heterocycles. The van der Waals surface area contributed by atoms with Crippen LogP contribution in [0.5, 0.6) is 0 Å². The van der Waals surface area contributed by atoms with Crippen LogP contribution in [0.15, 0.2) is 47.4 Å². The van der Waals surface area contributed by atoms with Crippen molar-refractivity contribution in [1.82, 2.24) is 0 Å². The molecule has 0 bridgehead atoms. The summed E-state index contributed by atoms with van der Waals surface area (Å²) in [6.45, 7) is 7.49. The molecule has 0 radical (unpaired) electrons. The molecule has 0 saturated heterocycles. The van der Waals surface area contributed by atoms with Crippen LogP contribution < -0.4 is 0 Å². The number of benzene rings is 1. The fourth-order valence-corrected chi connectivity index (χ4v) is 6.83. The summed E-state index contributed by atoms with van der Waals surface area (Å²) >= 11 is 2.08. The third-order valence-corrected chi connectivity index (χ3v) is 7.67. The maximum absolute atomic E-state index is 2.59. The average molecular weight is 298 g/mol. The number of allylic oxidation sites excluding steroid dienone is 1. The van der Waals surface area contributed by atoms with Crippen LogP contribution >= 0.6 is 11.8 Å². The molecule has 4 rings (SSSR count). The molecule has 0 aliphatic heterocycles. The van der Waals surface area contributed by atoms with Crippen LogP contribution in [0.3, 0.4) is 0 Å². The van der Waals surface area contributed by atoms with Crippen molar-refractivity contribution in [1.29, 1.82) is 0 Å². The first-order valence-corrected chi connectivity index (χ1v) is 9.27. The monoisotopic (exact) mass is 298 g/mol. The minimum Gasteiger partial charge on any atom is -0.118 e. The summed E-state index contributed by atoms with van der Waals surface area (Å²) in [4.78, 5) is 1.42. The summed E-state index contributed by atoms with van der Waals surface area (Å²) in [6.07, 6.45) is 9.42. The highest BCUT2D eigenvalue weighted by Gasteiger charge is 2.59. The Morgan fingerprint density at radius 1 is 1.00 bits per heavy atom. The van der Waals surface area contributed by atoms with Crippen LogP contribution in [0.2, 0.25) is 0 Å². The summed E-state index contributed by atoms with van der Waals surface area (Å²) in [7, 11) is 0. The average Bonchev–Trinajstić information content (AvgIpc) is 3.00. The smallest absolute Gasteiger partial charge is 0.0311 e. The Kier molecular flexibility index (Phi) is 3.09. The lowest BCUT2D eigenvalue weighted by molar-refractivity contribution is 0.213. The van der Waals surface area contributed by atoms with Crippen molar-refractivity contribution in [3.63, 3.8) is 0 Å². The quantitative estimate of drug-likeness (QED) is 0.622. The molecule has 3 aliphatic carbocycles. The molecule has 0 N–H and O–H groups in total. The Bertz CT molecular complexity index is 558. The van der Waals surface area contributed by atoms with Gasteiger partial charge in [0.15, 0.2) is 0 Å². The van der Waals surface area contributed by atoms with Gasteiger partial charge >= 0.3 is 0 Å². The molecule has 2 saturated carbocycles. The molecule has 1 heteroatoms. The lowest BCUT2D eigenvalue weighted by Crippen LogP contribution is -2.28. The lowest BCUT2D eigenvalue weighted by atomic mass is 9.73. The second-order valence-corrected chi connectivity index (χ2v) is 9.65. The van der Waals surface area contributed by atoms with Crippen LogP contribution in [-0.4, -0.2) is 5.25 Å². The number of rotatable bonds is 2.